The molecule has 0 atom stereocenters. The molecule has 0 fully saturated rings. The van der Waals surface area contributed by atoms with E-state index in [0.29, 0.717) is 10.9 Å². The Morgan fingerprint density at radius 3 is 2.22 bits per heavy atom. The van der Waals surface area contributed by atoms with Crippen LogP contribution in [0.25, 0.3) is 10.9 Å². The summed E-state index contributed by atoms with van der Waals surface area (Å²) in [6.07, 6.45) is 1.59. The van der Waals surface area contributed by atoms with E-state index in [0.717, 1.165) is 0 Å². The summed E-state index contributed by atoms with van der Waals surface area (Å²) in [5.41, 5.74) is 0.564. The van der Waals surface area contributed by atoms with E-state index in [1.54, 1.807) is 30.5 Å². The number of hydrogen-bond donors (Lipinski definition) is 2. The van der Waals surface area contributed by atoms with Gasteiger partial charge >= 0.3 is 10.2 Å². The molecule has 1 aromatic heterocycles. The molecule has 0 radical (unpaired) electrons. The third kappa shape index (κ3) is 2.69. The third-order valence-electron chi connectivity index (χ3n) is 3.26. The average Bonchev–Trinajstić information content (AvgIpc) is 2.96. The summed E-state index contributed by atoms with van der Waals surface area (Å²) in [6.45, 7) is 0. The maximum atomic E-state index is 12.8. The highest BCUT2D eigenvalue weighted by Crippen LogP contribution is 2.32. The highest BCUT2D eigenvalue weighted by atomic mass is 32.3. The summed E-state index contributed by atoms with van der Waals surface area (Å²) in [4.78, 5) is 2.74. The van der Waals surface area contributed by atoms with Gasteiger partial charge in [-0.1, -0.05) is 24.3 Å². The molecule has 0 aliphatic carbocycles. The van der Waals surface area contributed by atoms with Crippen molar-refractivity contribution in [3.8, 4) is 0 Å². The Hall–Kier alpha value is -2.36. The molecule has 3 rings (SSSR count). The first kappa shape index (κ1) is 15.5. The van der Waals surface area contributed by atoms with Crippen molar-refractivity contribution >= 4 is 36.8 Å². The predicted octanol–water partition coefficient (Wildman–Crippen LogP) is 1.57. The number of rotatable bonds is 4. The topological polar surface area (TPSA) is 113 Å². The first-order valence-electron chi connectivity index (χ1n) is 6.51. The van der Waals surface area contributed by atoms with E-state index < -0.39 is 20.2 Å². The Morgan fingerprint density at radius 1 is 0.870 bits per heavy atom. The molecule has 0 spiro atoms. The molecule has 23 heavy (non-hydrogen) atoms. The van der Waals surface area contributed by atoms with E-state index in [4.69, 9.17) is 5.14 Å². The highest BCUT2D eigenvalue weighted by Gasteiger charge is 2.34. The summed E-state index contributed by atoms with van der Waals surface area (Å²) in [6, 6.07) is 13.5. The minimum Gasteiger partial charge on any atom is -0.361 e. The van der Waals surface area contributed by atoms with Crippen molar-refractivity contribution in [3.05, 3.63) is 60.8 Å². The molecule has 0 amide bonds. The number of aromatic amines is 1. The fourth-order valence-electron chi connectivity index (χ4n) is 2.32. The van der Waals surface area contributed by atoms with E-state index >= 15 is 0 Å². The zero-order chi connectivity index (χ0) is 16.7. The minimum atomic E-state index is -4.56. The number of hydrogen-bond acceptors (Lipinski definition) is 4. The molecule has 7 nitrogen and oxygen atoms in total. The Morgan fingerprint density at radius 2 is 1.57 bits per heavy atom. The molecule has 1 heterocycles. The smallest absolute Gasteiger partial charge is 0.312 e. The summed E-state index contributed by atoms with van der Waals surface area (Å²) in [7, 11) is -8.94. The van der Waals surface area contributed by atoms with Gasteiger partial charge in [0, 0.05) is 17.1 Å². The lowest BCUT2D eigenvalue weighted by molar-refractivity contribution is 0.585. The van der Waals surface area contributed by atoms with Crippen LogP contribution in [0.5, 0.6) is 0 Å². The van der Waals surface area contributed by atoms with Crippen molar-refractivity contribution in [2.75, 3.05) is 3.71 Å². The van der Waals surface area contributed by atoms with Gasteiger partial charge in [0.05, 0.1) is 10.6 Å². The van der Waals surface area contributed by atoms with Gasteiger partial charge in [-0.25, -0.2) is 5.14 Å². The van der Waals surface area contributed by atoms with Crippen LogP contribution >= 0.6 is 0 Å². The quantitative estimate of drug-likeness (QED) is 0.742. The Bertz CT molecular complexity index is 1060. The second-order valence-corrected chi connectivity index (χ2v) is 8.19. The van der Waals surface area contributed by atoms with Crippen LogP contribution in [-0.2, 0) is 20.2 Å². The van der Waals surface area contributed by atoms with Crippen molar-refractivity contribution < 1.29 is 16.8 Å². The Labute approximate surface area is 133 Å². The van der Waals surface area contributed by atoms with Gasteiger partial charge < -0.3 is 4.98 Å². The number of H-pyrrole nitrogens is 1. The van der Waals surface area contributed by atoms with Crippen molar-refractivity contribution in [1.82, 2.24) is 4.98 Å². The average molecular weight is 351 g/mol. The molecule has 2 aromatic carbocycles. The molecule has 0 unspecified atom stereocenters. The number of nitrogens with zero attached hydrogens (tertiary/aromatic N) is 1. The van der Waals surface area contributed by atoms with Crippen LogP contribution in [0.4, 0.5) is 5.69 Å². The van der Waals surface area contributed by atoms with Crippen molar-refractivity contribution in [2.45, 2.75) is 4.90 Å². The van der Waals surface area contributed by atoms with Gasteiger partial charge in [-0.15, -0.1) is 3.71 Å². The van der Waals surface area contributed by atoms with Crippen LogP contribution in [0, 0.1) is 0 Å². The van der Waals surface area contributed by atoms with Crippen LogP contribution in [0.15, 0.2) is 65.7 Å². The number of aromatic nitrogens is 1. The van der Waals surface area contributed by atoms with Gasteiger partial charge in [0.1, 0.15) is 0 Å². The molecular weight excluding hydrogens is 338 g/mol. The second kappa shape index (κ2) is 5.37. The number of sulfonamides is 1. The zero-order valence-corrected chi connectivity index (χ0v) is 13.4. The van der Waals surface area contributed by atoms with Crippen LogP contribution in [0.2, 0.25) is 0 Å². The Kier molecular flexibility index (Phi) is 3.63. The molecule has 0 aliphatic heterocycles. The van der Waals surface area contributed by atoms with E-state index in [2.05, 4.69) is 4.98 Å². The van der Waals surface area contributed by atoms with E-state index in [9.17, 15) is 16.8 Å². The normalized spacial score (nSPS) is 12.4. The molecule has 120 valence electrons. The lowest BCUT2D eigenvalue weighted by atomic mass is 10.2. The van der Waals surface area contributed by atoms with Crippen LogP contribution in [0.3, 0.4) is 0 Å². The van der Waals surface area contributed by atoms with Gasteiger partial charge in [-0.2, -0.15) is 16.8 Å². The molecule has 0 saturated heterocycles. The van der Waals surface area contributed by atoms with Gasteiger partial charge in [0.15, 0.2) is 0 Å². The number of fused-ring (bicyclic) bond motifs is 1. The van der Waals surface area contributed by atoms with E-state index in [1.807, 2.05) is 0 Å². The molecule has 3 N–H and O–H groups in total. The molecular formula is C14H13N3O4S2. The fourth-order valence-corrected chi connectivity index (χ4v) is 5.22. The minimum absolute atomic E-state index is 0.0323. The molecule has 9 heteroatoms. The van der Waals surface area contributed by atoms with Crippen LogP contribution in [-0.4, -0.2) is 21.8 Å². The fraction of sp³-hybridized carbons (Fsp3) is 0. The summed E-state index contributed by atoms with van der Waals surface area (Å²) in [5.74, 6) is 0. The Balaban J connectivity index is 2.32. The maximum Gasteiger partial charge on any atom is 0.312 e. The van der Waals surface area contributed by atoms with E-state index in [-0.39, 0.29) is 14.3 Å². The summed E-state index contributed by atoms with van der Waals surface area (Å²) in [5, 5.41) is 5.64. The third-order valence-corrected chi connectivity index (χ3v) is 6.63. The number of anilines is 1. The highest BCUT2D eigenvalue weighted by molar-refractivity contribution is 8.09. The summed E-state index contributed by atoms with van der Waals surface area (Å²) >= 11 is 0. The first-order valence-corrected chi connectivity index (χ1v) is 9.45. The van der Waals surface area contributed by atoms with Crippen molar-refractivity contribution in [1.29, 1.82) is 0 Å². The monoisotopic (exact) mass is 351 g/mol. The summed E-state index contributed by atoms with van der Waals surface area (Å²) < 4.78 is 49.9. The van der Waals surface area contributed by atoms with Crippen molar-refractivity contribution in [3.63, 3.8) is 0 Å². The van der Waals surface area contributed by atoms with Crippen molar-refractivity contribution in [2.24, 2.45) is 5.14 Å². The van der Waals surface area contributed by atoms with Gasteiger partial charge in [-0.05, 0) is 30.3 Å². The number of nitrogens with one attached hydrogen (secondary N) is 1. The molecule has 0 bridgehead atoms. The molecule has 0 aliphatic rings. The van der Waals surface area contributed by atoms with E-state index in [1.165, 1.54) is 30.3 Å². The standard InChI is InChI=1S/C14H13N3O4S2/c15-23(20,21)17(22(18,19)11-5-2-1-3-6-11)14-8-4-7-13-12(14)9-10-16-13/h1-10,16H,(H2,15,20,21). The number of nitrogens with two attached hydrogens (primary N) is 1. The SMILES string of the molecule is NS(=O)(=O)N(c1cccc2[nH]ccc12)S(=O)(=O)c1ccccc1. The van der Waals surface area contributed by atoms with Gasteiger partial charge in [0.2, 0.25) is 0 Å². The lowest BCUT2D eigenvalue weighted by Crippen LogP contribution is -2.41. The second-order valence-electron chi connectivity index (χ2n) is 4.78. The first-order chi connectivity index (χ1) is 10.8. The lowest BCUT2D eigenvalue weighted by Gasteiger charge is -2.22. The van der Waals surface area contributed by atoms with Crippen LogP contribution in [0.1, 0.15) is 0 Å². The largest absolute Gasteiger partial charge is 0.361 e. The van der Waals surface area contributed by atoms with Gasteiger partial charge in [-0.3, -0.25) is 0 Å². The van der Waals surface area contributed by atoms with Gasteiger partial charge in [0.25, 0.3) is 10.0 Å². The van der Waals surface area contributed by atoms with Crippen LogP contribution < -0.4 is 8.85 Å². The number of benzene rings is 2. The zero-order valence-electron chi connectivity index (χ0n) is 11.7. The molecule has 0 saturated carbocycles. The predicted molar refractivity (Wildman–Crippen MR) is 87.5 cm³/mol. The maximum absolute atomic E-state index is 12.8. The molecule has 3 aromatic rings.